The molecule has 106 valence electrons. The fraction of sp³-hybridized carbons (Fsp3) is 0.625. The van der Waals surface area contributed by atoms with Gasteiger partial charge in [0.1, 0.15) is 0 Å². The predicted octanol–water partition coefficient (Wildman–Crippen LogP) is 1.94. The minimum Gasteiger partial charge on any atom is -0.323 e. The molecule has 2 N–H and O–H groups in total. The predicted molar refractivity (Wildman–Crippen MR) is 81.4 cm³/mol. The van der Waals surface area contributed by atoms with Crippen LogP contribution in [0.15, 0.2) is 18.2 Å². The highest BCUT2D eigenvalue weighted by Gasteiger charge is 2.16. The van der Waals surface area contributed by atoms with E-state index in [-0.39, 0.29) is 6.04 Å². The highest BCUT2D eigenvalue weighted by molar-refractivity contribution is 5.32. The lowest BCUT2D eigenvalue weighted by molar-refractivity contribution is 0.261. The zero-order valence-electron chi connectivity index (χ0n) is 12.5. The van der Waals surface area contributed by atoms with Crippen molar-refractivity contribution in [1.29, 1.82) is 0 Å². The summed E-state index contributed by atoms with van der Waals surface area (Å²) in [6.07, 6.45) is 1.25. The summed E-state index contributed by atoms with van der Waals surface area (Å²) in [6.45, 7) is 9.93. The maximum atomic E-state index is 6.41. The zero-order chi connectivity index (χ0) is 13.8. The SMILES string of the molecule is Cc1ccc(C(N)CN2CCCN(C)CC2)c(C)c1. The maximum Gasteiger partial charge on any atom is 0.0426 e. The number of hydrogen-bond acceptors (Lipinski definition) is 3. The largest absolute Gasteiger partial charge is 0.323 e. The van der Waals surface area contributed by atoms with E-state index in [4.69, 9.17) is 5.73 Å². The lowest BCUT2D eigenvalue weighted by Crippen LogP contribution is -2.35. The molecule has 1 aliphatic rings. The smallest absolute Gasteiger partial charge is 0.0426 e. The van der Waals surface area contributed by atoms with Crippen molar-refractivity contribution >= 4 is 0 Å². The molecule has 0 aromatic heterocycles. The Morgan fingerprint density at radius 2 is 1.95 bits per heavy atom. The summed E-state index contributed by atoms with van der Waals surface area (Å²) in [6, 6.07) is 6.72. The van der Waals surface area contributed by atoms with Crippen LogP contribution in [0.25, 0.3) is 0 Å². The average Bonchev–Trinajstić information content (AvgIpc) is 2.54. The van der Waals surface area contributed by atoms with E-state index in [9.17, 15) is 0 Å². The van der Waals surface area contributed by atoms with Crippen LogP contribution in [0.5, 0.6) is 0 Å². The van der Waals surface area contributed by atoms with E-state index < -0.39 is 0 Å². The molecule has 1 heterocycles. The molecular formula is C16H27N3. The van der Waals surface area contributed by atoms with E-state index in [0.29, 0.717) is 0 Å². The average molecular weight is 261 g/mol. The van der Waals surface area contributed by atoms with Gasteiger partial charge in [-0.1, -0.05) is 23.8 Å². The molecule has 3 heteroatoms. The Bertz CT molecular complexity index is 416. The monoisotopic (exact) mass is 261 g/mol. The molecule has 19 heavy (non-hydrogen) atoms. The normalized spacial score (nSPS) is 20.2. The highest BCUT2D eigenvalue weighted by atomic mass is 15.2. The van der Waals surface area contributed by atoms with Gasteiger partial charge in [0.15, 0.2) is 0 Å². The molecule has 1 aromatic rings. The van der Waals surface area contributed by atoms with E-state index in [1.54, 1.807) is 0 Å². The van der Waals surface area contributed by atoms with Crippen LogP contribution in [0.1, 0.15) is 29.2 Å². The molecule has 1 fully saturated rings. The Morgan fingerprint density at radius 3 is 2.68 bits per heavy atom. The molecule has 0 spiro atoms. The first kappa shape index (κ1) is 14.5. The van der Waals surface area contributed by atoms with E-state index in [0.717, 1.165) is 19.6 Å². The van der Waals surface area contributed by atoms with Gasteiger partial charge in [0.2, 0.25) is 0 Å². The lowest BCUT2D eigenvalue weighted by atomic mass is 9.99. The second kappa shape index (κ2) is 6.51. The topological polar surface area (TPSA) is 32.5 Å². The fourth-order valence-electron chi connectivity index (χ4n) is 2.90. The number of aryl methyl sites for hydroxylation is 2. The van der Waals surface area contributed by atoms with Crippen LogP contribution in [-0.4, -0.2) is 49.6 Å². The molecule has 0 amide bonds. The van der Waals surface area contributed by atoms with Gasteiger partial charge >= 0.3 is 0 Å². The Morgan fingerprint density at radius 1 is 1.16 bits per heavy atom. The zero-order valence-corrected chi connectivity index (χ0v) is 12.5. The Labute approximate surface area is 117 Å². The fourth-order valence-corrected chi connectivity index (χ4v) is 2.90. The van der Waals surface area contributed by atoms with Gasteiger partial charge in [-0.25, -0.2) is 0 Å². The first-order valence-corrected chi connectivity index (χ1v) is 7.30. The molecule has 1 aromatic carbocycles. The van der Waals surface area contributed by atoms with Crippen LogP contribution in [0, 0.1) is 13.8 Å². The van der Waals surface area contributed by atoms with Crippen molar-refractivity contribution in [2.24, 2.45) is 5.73 Å². The van der Waals surface area contributed by atoms with Crippen molar-refractivity contribution < 1.29 is 0 Å². The Balaban J connectivity index is 1.98. The maximum absolute atomic E-state index is 6.41. The van der Waals surface area contributed by atoms with Gasteiger partial charge in [-0.3, -0.25) is 0 Å². The lowest BCUT2D eigenvalue weighted by Gasteiger charge is -2.25. The summed E-state index contributed by atoms with van der Waals surface area (Å²) in [5, 5.41) is 0. The first-order valence-electron chi connectivity index (χ1n) is 7.30. The van der Waals surface area contributed by atoms with Crippen LogP contribution in [0.3, 0.4) is 0 Å². The molecule has 0 radical (unpaired) electrons. The van der Waals surface area contributed by atoms with E-state index >= 15 is 0 Å². The third-order valence-corrected chi connectivity index (χ3v) is 4.09. The van der Waals surface area contributed by atoms with Crippen molar-refractivity contribution in [2.75, 3.05) is 39.8 Å². The Hall–Kier alpha value is -0.900. The molecule has 0 saturated carbocycles. The van der Waals surface area contributed by atoms with Crippen LogP contribution in [0.2, 0.25) is 0 Å². The van der Waals surface area contributed by atoms with Gasteiger partial charge in [0, 0.05) is 25.7 Å². The second-order valence-corrected chi connectivity index (χ2v) is 5.92. The minimum atomic E-state index is 0.129. The van der Waals surface area contributed by atoms with Crippen molar-refractivity contribution in [3.63, 3.8) is 0 Å². The number of hydrogen-bond donors (Lipinski definition) is 1. The second-order valence-electron chi connectivity index (χ2n) is 5.92. The molecule has 1 aliphatic heterocycles. The highest BCUT2D eigenvalue weighted by Crippen LogP contribution is 2.18. The minimum absolute atomic E-state index is 0.129. The molecule has 2 rings (SSSR count). The molecule has 1 saturated heterocycles. The van der Waals surface area contributed by atoms with E-state index in [1.807, 2.05) is 0 Å². The molecule has 0 bridgehead atoms. The van der Waals surface area contributed by atoms with Crippen LogP contribution >= 0.6 is 0 Å². The Kier molecular flexibility index (Phi) is 4.97. The summed E-state index contributed by atoms with van der Waals surface area (Å²) in [4.78, 5) is 4.91. The van der Waals surface area contributed by atoms with Crippen molar-refractivity contribution in [1.82, 2.24) is 9.80 Å². The number of nitrogens with zero attached hydrogens (tertiary/aromatic N) is 2. The number of benzene rings is 1. The van der Waals surface area contributed by atoms with Crippen LogP contribution in [-0.2, 0) is 0 Å². The molecule has 1 unspecified atom stereocenters. The van der Waals surface area contributed by atoms with Gasteiger partial charge in [-0.05, 0) is 51.5 Å². The van der Waals surface area contributed by atoms with Gasteiger partial charge in [-0.2, -0.15) is 0 Å². The van der Waals surface area contributed by atoms with Gasteiger partial charge in [-0.15, -0.1) is 0 Å². The summed E-state index contributed by atoms with van der Waals surface area (Å²) in [5.41, 5.74) is 10.3. The van der Waals surface area contributed by atoms with Gasteiger partial charge < -0.3 is 15.5 Å². The van der Waals surface area contributed by atoms with Crippen LogP contribution in [0.4, 0.5) is 0 Å². The van der Waals surface area contributed by atoms with Crippen molar-refractivity contribution in [3.8, 4) is 0 Å². The molecule has 3 nitrogen and oxygen atoms in total. The van der Waals surface area contributed by atoms with E-state index in [1.165, 1.54) is 36.2 Å². The van der Waals surface area contributed by atoms with Crippen molar-refractivity contribution in [2.45, 2.75) is 26.3 Å². The number of likely N-dealkylation sites (N-methyl/N-ethyl adjacent to an activating group) is 1. The number of rotatable bonds is 3. The quantitative estimate of drug-likeness (QED) is 0.902. The summed E-state index contributed by atoms with van der Waals surface area (Å²) in [7, 11) is 2.20. The molecule has 0 aliphatic carbocycles. The summed E-state index contributed by atoms with van der Waals surface area (Å²) < 4.78 is 0. The molecular weight excluding hydrogens is 234 g/mol. The first-order chi connectivity index (χ1) is 9.06. The number of nitrogens with two attached hydrogens (primary N) is 1. The third-order valence-electron chi connectivity index (χ3n) is 4.09. The third kappa shape index (κ3) is 4.03. The standard InChI is InChI=1S/C16H27N3/c1-13-5-6-15(14(2)11-13)16(17)12-19-8-4-7-18(3)9-10-19/h5-6,11,16H,4,7-10,12,17H2,1-3H3. The molecule has 1 atom stereocenters. The van der Waals surface area contributed by atoms with Gasteiger partial charge in [0.25, 0.3) is 0 Å². The van der Waals surface area contributed by atoms with E-state index in [2.05, 4.69) is 48.9 Å². The summed E-state index contributed by atoms with van der Waals surface area (Å²) in [5.74, 6) is 0. The van der Waals surface area contributed by atoms with Crippen LogP contribution < -0.4 is 5.73 Å². The van der Waals surface area contributed by atoms with Gasteiger partial charge in [0.05, 0.1) is 0 Å². The summed E-state index contributed by atoms with van der Waals surface area (Å²) >= 11 is 0. The van der Waals surface area contributed by atoms with Crippen molar-refractivity contribution in [3.05, 3.63) is 34.9 Å².